The highest BCUT2D eigenvalue weighted by atomic mass is 32.1. The van der Waals surface area contributed by atoms with Crippen molar-refractivity contribution < 1.29 is 9.53 Å². The number of hydrogen-bond acceptors (Lipinski definition) is 5. The number of nitrogens with zero attached hydrogens (tertiary/aromatic N) is 1. The van der Waals surface area contributed by atoms with E-state index in [1.54, 1.807) is 6.92 Å². The average molecular weight is 263 g/mol. The Kier molecular flexibility index (Phi) is 3.78. The normalized spacial score (nSPS) is 10.1. The Labute approximate surface area is 109 Å². The zero-order valence-corrected chi connectivity index (χ0v) is 10.7. The van der Waals surface area contributed by atoms with Crippen LogP contribution in [-0.2, 0) is 4.74 Å². The largest absolute Gasteiger partial charge is 0.450 e. The highest BCUT2D eigenvalue weighted by Crippen LogP contribution is 2.25. The first-order chi connectivity index (χ1) is 8.69. The average Bonchev–Trinajstić information content (AvgIpc) is 2.78. The molecule has 18 heavy (non-hydrogen) atoms. The van der Waals surface area contributed by atoms with Gasteiger partial charge in [0.05, 0.1) is 12.3 Å². The number of anilines is 2. The second kappa shape index (κ2) is 5.50. The van der Waals surface area contributed by atoms with Crippen molar-refractivity contribution in [3.63, 3.8) is 0 Å². The lowest BCUT2D eigenvalue weighted by Crippen LogP contribution is -2.12. The lowest BCUT2D eigenvalue weighted by Gasteiger charge is -2.00. The van der Waals surface area contributed by atoms with Crippen molar-refractivity contribution in [2.75, 3.05) is 17.7 Å². The molecule has 0 aliphatic rings. The number of benzene rings is 1. The fourth-order valence-corrected chi connectivity index (χ4v) is 2.08. The molecule has 2 aromatic rings. The van der Waals surface area contributed by atoms with Crippen LogP contribution in [0.25, 0.3) is 11.3 Å². The summed E-state index contributed by atoms with van der Waals surface area (Å²) in [5.74, 6) is 0. The van der Waals surface area contributed by atoms with E-state index in [1.165, 1.54) is 11.3 Å². The van der Waals surface area contributed by atoms with Gasteiger partial charge in [0, 0.05) is 16.6 Å². The summed E-state index contributed by atoms with van der Waals surface area (Å²) in [6.45, 7) is 2.09. The summed E-state index contributed by atoms with van der Waals surface area (Å²) >= 11 is 1.35. The minimum atomic E-state index is -0.490. The Hall–Kier alpha value is -2.08. The fraction of sp³-hybridized carbons (Fsp3) is 0.167. The topological polar surface area (TPSA) is 77.2 Å². The maximum atomic E-state index is 11.2. The van der Waals surface area contributed by atoms with Crippen molar-refractivity contribution in [1.82, 2.24) is 4.98 Å². The van der Waals surface area contributed by atoms with Crippen LogP contribution in [0.3, 0.4) is 0 Å². The number of nitrogens with two attached hydrogens (primary N) is 1. The third-order valence-corrected chi connectivity index (χ3v) is 2.95. The molecule has 3 N–H and O–H groups in total. The van der Waals surface area contributed by atoms with Crippen LogP contribution in [-0.4, -0.2) is 17.7 Å². The van der Waals surface area contributed by atoms with Crippen LogP contribution in [0.1, 0.15) is 6.92 Å². The monoisotopic (exact) mass is 263 g/mol. The number of amides is 1. The molecule has 2 rings (SSSR count). The minimum absolute atomic E-state index is 0.335. The molecule has 0 aliphatic heterocycles. The molecule has 0 aliphatic carbocycles. The summed E-state index contributed by atoms with van der Waals surface area (Å²) in [5.41, 5.74) is 8.08. The number of aromatic nitrogens is 1. The summed E-state index contributed by atoms with van der Waals surface area (Å²) in [4.78, 5) is 15.5. The van der Waals surface area contributed by atoms with E-state index < -0.39 is 6.09 Å². The van der Waals surface area contributed by atoms with Gasteiger partial charge < -0.3 is 10.5 Å². The molecule has 0 saturated heterocycles. The van der Waals surface area contributed by atoms with Crippen LogP contribution >= 0.6 is 11.3 Å². The van der Waals surface area contributed by atoms with Gasteiger partial charge in [-0.1, -0.05) is 12.1 Å². The molecule has 0 spiro atoms. The van der Waals surface area contributed by atoms with E-state index in [0.29, 0.717) is 17.4 Å². The van der Waals surface area contributed by atoms with Gasteiger partial charge in [-0.25, -0.2) is 9.78 Å². The second-order valence-corrected chi connectivity index (χ2v) is 4.36. The highest BCUT2D eigenvalue weighted by molar-refractivity contribution is 7.14. The first kappa shape index (κ1) is 12.4. The van der Waals surface area contributed by atoms with E-state index in [0.717, 1.165) is 11.3 Å². The predicted octanol–water partition coefficient (Wildman–Crippen LogP) is 2.96. The summed E-state index contributed by atoms with van der Waals surface area (Å²) in [6, 6.07) is 7.40. The first-order valence-electron chi connectivity index (χ1n) is 5.44. The predicted molar refractivity (Wildman–Crippen MR) is 72.6 cm³/mol. The number of nitrogen functional groups attached to an aromatic ring is 1. The summed E-state index contributed by atoms with van der Waals surface area (Å²) < 4.78 is 4.78. The third-order valence-electron chi connectivity index (χ3n) is 2.20. The molecule has 5 nitrogen and oxygen atoms in total. The molecule has 1 aromatic heterocycles. The van der Waals surface area contributed by atoms with E-state index in [-0.39, 0.29) is 0 Å². The van der Waals surface area contributed by atoms with Crippen LogP contribution in [0.15, 0.2) is 29.6 Å². The van der Waals surface area contributed by atoms with Crippen molar-refractivity contribution >= 4 is 28.2 Å². The quantitative estimate of drug-likeness (QED) is 0.834. The number of ether oxygens (including phenoxy) is 1. The van der Waals surface area contributed by atoms with Gasteiger partial charge in [0.2, 0.25) is 0 Å². The van der Waals surface area contributed by atoms with E-state index in [4.69, 9.17) is 10.5 Å². The lowest BCUT2D eigenvalue weighted by atomic mass is 10.1. The van der Waals surface area contributed by atoms with Crippen molar-refractivity contribution in [1.29, 1.82) is 0 Å². The summed E-state index contributed by atoms with van der Waals surface area (Å²) in [6.07, 6.45) is -0.490. The Bertz CT molecular complexity index is 537. The van der Waals surface area contributed by atoms with E-state index >= 15 is 0 Å². The SMILES string of the molecule is CCOC(=O)Nc1nc(-c2ccc(N)cc2)cs1. The Morgan fingerprint density at radius 2 is 2.17 bits per heavy atom. The molecule has 0 saturated carbocycles. The van der Waals surface area contributed by atoms with Crippen LogP contribution < -0.4 is 11.1 Å². The number of thiazole rings is 1. The fourth-order valence-electron chi connectivity index (χ4n) is 1.37. The van der Waals surface area contributed by atoms with Crippen molar-refractivity contribution in [3.8, 4) is 11.3 Å². The standard InChI is InChI=1S/C12H13N3O2S/c1-2-17-12(16)15-11-14-10(7-18-11)8-3-5-9(13)6-4-8/h3-7H,2,13H2,1H3,(H,14,15,16). The number of rotatable bonds is 3. The van der Waals surface area contributed by atoms with Gasteiger partial charge >= 0.3 is 6.09 Å². The van der Waals surface area contributed by atoms with Crippen LogP contribution in [0.5, 0.6) is 0 Å². The molecule has 94 valence electrons. The number of hydrogen-bond donors (Lipinski definition) is 2. The van der Waals surface area contributed by atoms with Gasteiger partial charge in [-0.3, -0.25) is 5.32 Å². The summed E-state index contributed by atoms with van der Waals surface area (Å²) in [7, 11) is 0. The maximum absolute atomic E-state index is 11.2. The minimum Gasteiger partial charge on any atom is -0.450 e. The number of carbonyl (C=O) groups is 1. The van der Waals surface area contributed by atoms with Gasteiger partial charge in [-0.2, -0.15) is 0 Å². The molecule has 0 unspecified atom stereocenters. The molecule has 1 amide bonds. The molecule has 0 fully saturated rings. The van der Waals surface area contributed by atoms with Gasteiger partial charge in [-0.05, 0) is 19.1 Å². The zero-order chi connectivity index (χ0) is 13.0. The molecule has 0 bridgehead atoms. The smallest absolute Gasteiger partial charge is 0.413 e. The molecular weight excluding hydrogens is 250 g/mol. The molecular formula is C12H13N3O2S. The third kappa shape index (κ3) is 2.98. The Morgan fingerprint density at radius 1 is 1.44 bits per heavy atom. The molecule has 0 radical (unpaired) electrons. The van der Waals surface area contributed by atoms with Gasteiger partial charge in [0.15, 0.2) is 5.13 Å². The van der Waals surface area contributed by atoms with Crippen molar-refractivity contribution in [3.05, 3.63) is 29.6 Å². The Balaban J connectivity index is 2.10. The first-order valence-corrected chi connectivity index (χ1v) is 6.32. The lowest BCUT2D eigenvalue weighted by molar-refractivity contribution is 0.168. The second-order valence-electron chi connectivity index (χ2n) is 3.51. The highest BCUT2D eigenvalue weighted by Gasteiger charge is 2.07. The molecule has 0 atom stereocenters. The van der Waals surface area contributed by atoms with Gasteiger partial charge in [0.25, 0.3) is 0 Å². The van der Waals surface area contributed by atoms with Crippen LogP contribution in [0, 0.1) is 0 Å². The van der Waals surface area contributed by atoms with Gasteiger partial charge in [-0.15, -0.1) is 11.3 Å². The maximum Gasteiger partial charge on any atom is 0.413 e. The van der Waals surface area contributed by atoms with E-state index in [1.807, 2.05) is 29.6 Å². The van der Waals surface area contributed by atoms with Crippen LogP contribution in [0.4, 0.5) is 15.6 Å². The molecule has 1 heterocycles. The van der Waals surface area contributed by atoms with E-state index in [9.17, 15) is 4.79 Å². The number of nitrogens with one attached hydrogen (secondary N) is 1. The summed E-state index contributed by atoms with van der Waals surface area (Å²) in [5, 5.41) is 4.95. The Morgan fingerprint density at radius 3 is 2.83 bits per heavy atom. The van der Waals surface area contributed by atoms with Crippen molar-refractivity contribution in [2.24, 2.45) is 0 Å². The van der Waals surface area contributed by atoms with Crippen molar-refractivity contribution in [2.45, 2.75) is 6.92 Å². The van der Waals surface area contributed by atoms with E-state index in [2.05, 4.69) is 10.3 Å². The zero-order valence-electron chi connectivity index (χ0n) is 9.84. The molecule has 6 heteroatoms. The molecule has 1 aromatic carbocycles. The van der Waals surface area contributed by atoms with Gasteiger partial charge in [0.1, 0.15) is 0 Å². The number of carbonyl (C=O) groups excluding carboxylic acids is 1. The van der Waals surface area contributed by atoms with Crippen LogP contribution in [0.2, 0.25) is 0 Å².